The molecular formula is C12H21NO. The first kappa shape index (κ1) is 11.3. The van der Waals surface area contributed by atoms with E-state index in [2.05, 4.69) is 34.6 Å². The Kier molecular flexibility index (Phi) is 3.03. The average Bonchev–Trinajstić information content (AvgIpc) is 2.29. The lowest BCUT2D eigenvalue weighted by Crippen LogP contribution is -2.35. The van der Waals surface area contributed by atoms with E-state index in [4.69, 9.17) is 0 Å². The fraction of sp³-hybridized carbons (Fsp3) is 0.750. The van der Waals surface area contributed by atoms with E-state index in [9.17, 15) is 4.79 Å². The van der Waals surface area contributed by atoms with Crippen LogP contribution >= 0.6 is 0 Å². The number of hydrogen-bond donors (Lipinski definition) is 0. The van der Waals surface area contributed by atoms with Crippen molar-refractivity contribution in [3.05, 3.63) is 11.3 Å². The maximum Gasteiger partial charge on any atom is 0.233 e. The van der Waals surface area contributed by atoms with Crippen LogP contribution in [-0.2, 0) is 4.79 Å². The van der Waals surface area contributed by atoms with Gasteiger partial charge in [-0.2, -0.15) is 0 Å². The van der Waals surface area contributed by atoms with Crippen molar-refractivity contribution in [1.82, 2.24) is 4.90 Å². The van der Waals surface area contributed by atoms with E-state index in [0.717, 1.165) is 0 Å². The summed E-state index contributed by atoms with van der Waals surface area (Å²) in [5, 5.41) is 0. The van der Waals surface area contributed by atoms with E-state index >= 15 is 0 Å². The van der Waals surface area contributed by atoms with Gasteiger partial charge in [0.1, 0.15) is 0 Å². The van der Waals surface area contributed by atoms with Crippen molar-refractivity contribution in [2.45, 2.75) is 47.6 Å². The number of amides is 1. The highest BCUT2D eigenvalue weighted by molar-refractivity contribution is 5.86. The van der Waals surface area contributed by atoms with Gasteiger partial charge in [-0.15, -0.1) is 0 Å². The average molecular weight is 195 g/mol. The minimum absolute atomic E-state index is 0.0785. The van der Waals surface area contributed by atoms with Crippen LogP contribution in [0.4, 0.5) is 0 Å². The first-order valence-electron chi connectivity index (χ1n) is 5.41. The Labute approximate surface area is 87.0 Å². The predicted octanol–water partition coefficient (Wildman–Crippen LogP) is 2.80. The van der Waals surface area contributed by atoms with Crippen LogP contribution in [0.15, 0.2) is 11.3 Å². The molecule has 2 heteroatoms. The molecule has 0 spiro atoms. The van der Waals surface area contributed by atoms with Crippen LogP contribution in [0.3, 0.4) is 0 Å². The normalized spacial score (nSPS) is 23.3. The number of hydrogen-bond acceptors (Lipinski definition) is 1. The van der Waals surface area contributed by atoms with E-state index in [1.165, 1.54) is 11.3 Å². The third-order valence-corrected chi connectivity index (χ3v) is 2.98. The molecule has 0 aliphatic carbocycles. The smallest absolute Gasteiger partial charge is 0.233 e. The lowest BCUT2D eigenvalue weighted by molar-refractivity contribution is -0.131. The van der Waals surface area contributed by atoms with E-state index in [-0.39, 0.29) is 17.9 Å². The summed E-state index contributed by atoms with van der Waals surface area (Å²) >= 11 is 0. The summed E-state index contributed by atoms with van der Waals surface area (Å²) in [6.07, 6.45) is 0. The Morgan fingerprint density at radius 1 is 1.21 bits per heavy atom. The molecule has 80 valence electrons. The van der Waals surface area contributed by atoms with Crippen molar-refractivity contribution < 1.29 is 4.79 Å². The summed E-state index contributed by atoms with van der Waals surface area (Å²) in [5.41, 5.74) is 2.48. The highest BCUT2D eigenvalue weighted by Crippen LogP contribution is 2.34. The van der Waals surface area contributed by atoms with Gasteiger partial charge in [0.05, 0.1) is 5.92 Å². The van der Waals surface area contributed by atoms with Crippen molar-refractivity contribution in [2.75, 3.05) is 0 Å². The molecule has 1 amide bonds. The third kappa shape index (κ3) is 1.58. The zero-order chi connectivity index (χ0) is 11.0. The van der Waals surface area contributed by atoms with Gasteiger partial charge >= 0.3 is 0 Å². The first-order valence-corrected chi connectivity index (χ1v) is 5.41. The van der Waals surface area contributed by atoms with Gasteiger partial charge in [-0.3, -0.25) is 4.79 Å². The van der Waals surface area contributed by atoms with E-state index in [1.54, 1.807) is 0 Å². The quantitative estimate of drug-likeness (QED) is 0.663. The summed E-state index contributed by atoms with van der Waals surface area (Å²) in [6.45, 7) is 12.5. The Bertz CT molecular complexity index is 276. The summed E-state index contributed by atoms with van der Waals surface area (Å²) in [5.74, 6) is 0.780. The Morgan fingerprint density at radius 3 is 2.00 bits per heavy atom. The van der Waals surface area contributed by atoms with Crippen LogP contribution in [0, 0.1) is 11.8 Å². The lowest BCUT2D eigenvalue weighted by Gasteiger charge is -2.27. The zero-order valence-corrected chi connectivity index (χ0v) is 10.1. The molecule has 2 nitrogen and oxygen atoms in total. The number of carbonyl (C=O) groups excluding carboxylic acids is 1. The SMILES string of the molecule is CC1=C(C(C)C)N(C(C)C)C(=O)C1C. The van der Waals surface area contributed by atoms with Gasteiger partial charge in [-0.25, -0.2) is 0 Å². The fourth-order valence-corrected chi connectivity index (χ4v) is 2.19. The summed E-state index contributed by atoms with van der Waals surface area (Å²) < 4.78 is 0. The summed E-state index contributed by atoms with van der Waals surface area (Å²) in [4.78, 5) is 13.9. The van der Waals surface area contributed by atoms with E-state index < -0.39 is 0 Å². The molecule has 1 unspecified atom stereocenters. The second-order valence-electron chi connectivity index (χ2n) is 4.75. The van der Waals surface area contributed by atoms with Crippen LogP contribution in [0.1, 0.15) is 41.5 Å². The number of rotatable bonds is 2. The maximum atomic E-state index is 12.0. The van der Waals surface area contributed by atoms with Gasteiger partial charge < -0.3 is 4.90 Å². The molecule has 0 bridgehead atoms. The van der Waals surface area contributed by atoms with Crippen molar-refractivity contribution in [3.63, 3.8) is 0 Å². The van der Waals surface area contributed by atoms with Gasteiger partial charge in [0.25, 0.3) is 0 Å². The predicted molar refractivity (Wildman–Crippen MR) is 58.7 cm³/mol. The van der Waals surface area contributed by atoms with Crippen molar-refractivity contribution >= 4 is 5.91 Å². The Morgan fingerprint density at radius 2 is 1.71 bits per heavy atom. The molecule has 0 aromatic carbocycles. The molecule has 0 saturated heterocycles. The van der Waals surface area contributed by atoms with Crippen molar-refractivity contribution in [3.8, 4) is 0 Å². The van der Waals surface area contributed by atoms with Crippen LogP contribution in [0.2, 0.25) is 0 Å². The zero-order valence-electron chi connectivity index (χ0n) is 10.1. The minimum atomic E-state index is 0.0785. The molecule has 1 aliphatic heterocycles. The highest BCUT2D eigenvalue weighted by Gasteiger charge is 2.36. The molecule has 14 heavy (non-hydrogen) atoms. The van der Waals surface area contributed by atoms with E-state index in [1.807, 2.05) is 11.8 Å². The molecule has 1 atom stereocenters. The Balaban J connectivity index is 3.12. The van der Waals surface area contributed by atoms with E-state index in [0.29, 0.717) is 5.92 Å². The van der Waals surface area contributed by atoms with Crippen LogP contribution in [0.5, 0.6) is 0 Å². The van der Waals surface area contributed by atoms with Gasteiger partial charge in [0.2, 0.25) is 5.91 Å². The standard InChI is InChI=1S/C12H21NO/c1-7(2)11-9(5)10(6)12(14)13(11)8(3)4/h7-8,10H,1-6H3. The minimum Gasteiger partial charge on any atom is -0.313 e. The number of allylic oxidation sites excluding steroid dienone is 1. The summed E-state index contributed by atoms with van der Waals surface area (Å²) in [6, 6.07) is 0.278. The van der Waals surface area contributed by atoms with Crippen LogP contribution in [0.25, 0.3) is 0 Å². The second kappa shape index (κ2) is 3.76. The fourth-order valence-electron chi connectivity index (χ4n) is 2.19. The molecule has 0 saturated carbocycles. The topological polar surface area (TPSA) is 20.3 Å². The molecule has 0 radical (unpaired) electrons. The number of carbonyl (C=O) groups is 1. The Hall–Kier alpha value is -0.790. The van der Waals surface area contributed by atoms with Gasteiger partial charge in [-0.05, 0) is 39.2 Å². The second-order valence-corrected chi connectivity index (χ2v) is 4.75. The van der Waals surface area contributed by atoms with Crippen molar-refractivity contribution in [1.29, 1.82) is 0 Å². The monoisotopic (exact) mass is 195 g/mol. The van der Waals surface area contributed by atoms with Crippen LogP contribution in [-0.4, -0.2) is 16.8 Å². The maximum absolute atomic E-state index is 12.0. The van der Waals surface area contributed by atoms with Gasteiger partial charge in [-0.1, -0.05) is 13.8 Å². The van der Waals surface area contributed by atoms with Crippen molar-refractivity contribution in [2.24, 2.45) is 11.8 Å². The van der Waals surface area contributed by atoms with Gasteiger partial charge in [0, 0.05) is 11.7 Å². The highest BCUT2D eigenvalue weighted by atomic mass is 16.2. The summed E-state index contributed by atoms with van der Waals surface area (Å²) in [7, 11) is 0. The molecule has 0 aromatic heterocycles. The lowest BCUT2D eigenvalue weighted by atomic mass is 10.0. The molecular weight excluding hydrogens is 174 g/mol. The molecule has 0 N–H and O–H groups in total. The first-order chi connectivity index (χ1) is 6.37. The largest absolute Gasteiger partial charge is 0.313 e. The van der Waals surface area contributed by atoms with Crippen LogP contribution < -0.4 is 0 Å². The molecule has 1 aliphatic rings. The molecule has 1 heterocycles. The third-order valence-electron chi connectivity index (χ3n) is 2.98. The molecule has 0 fully saturated rings. The van der Waals surface area contributed by atoms with Gasteiger partial charge in [0.15, 0.2) is 0 Å². The molecule has 1 rings (SSSR count). The molecule has 0 aromatic rings. The number of nitrogens with zero attached hydrogens (tertiary/aromatic N) is 1.